The first-order valence-electron chi connectivity index (χ1n) is 11.5. The van der Waals surface area contributed by atoms with Crippen molar-refractivity contribution < 1.29 is 23.4 Å². The van der Waals surface area contributed by atoms with Crippen LogP contribution in [0, 0.1) is 17.8 Å². The maximum atomic E-state index is 13.5. The fraction of sp³-hybridized carbons (Fsp3) is 0.462. The van der Waals surface area contributed by atoms with E-state index in [9.17, 15) is 18.6 Å². The normalized spacial score (nSPS) is 21.9. The lowest BCUT2D eigenvalue weighted by atomic mass is 10.0. The van der Waals surface area contributed by atoms with E-state index in [0.29, 0.717) is 12.1 Å². The fourth-order valence-electron chi connectivity index (χ4n) is 3.98. The van der Waals surface area contributed by atoms with Crippen LogP contribution in [-0.4, -0.2) is 72.8 Å². The van der Waals surface area contributed by atoms with Crippen molar-refractivity contribution >= 4 is 10.0 Å². The van der Waals surface area contributed by atoms with Crippen LogP contribution in [0.4, 0.5) is 0 Å². The lowest BCUT2D eigenvalue weighted by molar-refractivity contribution is 0.0733. The quantitative estimate of drug-likeness (QED) is 0.609. The van der Waals surface area contributed by atoms with Crippen molar-refractivity contribution in [3.63, 3.8) is 0 Å². The summed E-state index contributed by atoms with van der Waals surface area (Å²) in [7, 11) is -1.89. The van der Waals surface area contributed by atoms with Crippen LogP contribution in [0.1, 0.15) is 31.9 Å². The molecule has 0 bridgehead atoms. The summed E-state index contributed by atoms with van der Waals surface area (Å²) in [6, 6.07) is 14.3. The maximum absolute atomic E-state index is 13.5. The number of aliphatic hydroxyl groups is 2. The van der Waals surface area contributed by atoms with Crippen molar-refractivity contribution in [2.24, 2.45) is 5.92 Å². The van der Waals surface area contributed by atoms with Crippen molar-refractivity contribution in [3.05, 3.63) is 59.7 Å². The van der Waals surface area contributed by atoms with Crippen molar-refractivity contribution in [2.75, 3.05) is 26.7 Å². The third-order valence-corrected chi connectivity index (χ3v) is 7.90. The number of nitrogens with zero attached hydrogens (tertiary/aromatic N) is 2. The molecule has 8 heteroatoms. The average Bonchev–Trinajstić information content (AvgIpc) is 2.80. The zero-order chi connectivity index (χ0) is 24.9. The second-order valence-electron chi connectivity index (χ2n) is 9.03. The van der Waals surface area contributed by atoms with Crippen molar-refractivity contribution in [1.29, 1.82) is 0 Å². The van der Waals surface area contributed by atoms with Gasteiger partial charge >= 0.3 is 0 Å². The number of ether oxygens (including phenoxy) is 1. The Bertz CT molecular complexity index is 1120. The molecule has 1 aliphatic heterocycles. The minimum Gasteiger partial charge on any atom is -0.487 e. The number of hydrogen-bond donors (Lipinski definition) is 2. The fourth-order valence-corrected chi connectivity index (χ4v) is 5.80. The summed E-state index contributed by atoms with van der Waals surface area (Å²) in [5.74, 6) is 5.64. The summed E-state index contributed by atoms with van der Waals surface area (Å²) in [6.07, 6.45) is -1.09. The molecule has 0 saturated heterocycles. The zero-order valence-electron chi connectivity index (χ0n) is 20.2. The molecular formula is C26H34N2O5S. The van der Waals surface area contributed by atoms with Crippen LogP contribution in [0.5, 0.6) is 5.75 Å². The molecule has 34 heavy (non-hydrogen) atoms. The summed E-state index contributed by atoms with van der Waals surface area (Å²) >= 11 is 0. The number of aliphatic hydroxyl groups excluding tert-OH is 2. The van der Waals surface area contributed by atoms with Gasteiger partial charge in [-0.3, -0.25) is 4.90 Å². The molecule has 2 aromatic carbocycles. The summed E-state index contributed by atoms with van der Waals surface area (Å²) in [5.41, 5.74) is 1.74. The molecule has 1 aliphatic rings. The SMILES string of the molecule is C[C@H](O)C#Cc1ccc2c(c1)O[C@@H](CN(C)Cc1ccccc1)[C@@H](C)CN([C@H](C)CO)S2(=O)=O. The Hall–Kier alpha value is -2.41. The van der Waals surface area contributed by atoms with Gasteiger partial charge in [0, 0.05) is 37.2 Å². The van der Waals surface area contributed by atoms with Gasteiger partial charge in [-0.1, -0.05) is 49.1 Å². The minimum absolute atomic E-state index is 0.0537. The standard InChI is InChI=1S/C26H34N2O5S/c1-19-15-28(20(2)18-29)34(31,32)26-13-12-22(11-10-21(3)30)14-24(26)33-25(19)17-27(4)16-23-8-6-5-7-9-23/h5-9,12-14,19-21,25,29-30H,15-18H2,1-4H3/t19-,20+,21-,25-/m0/s1. The van der Waals surface area contributed by atoms with Crippen LogP contribution < -0.4 is 4.74 Å². The topological polar surface area (TPSA) is 90.3 Å². The zero-order valence-corrected chi connectivity index (χ0v) is 21.0. The van der Waals surface area contributed by atoms with Crippen LogP contribution in [0.25, 0.3) is 0 Å². The van der Waals surface area contributed by atoms with E-state index in [4.69, 9.17) is 4.74 Å². The Balaban J connectivity index is 1.99. The number of hydrogen-bond acceptors (Lipinski definition) is 6. The van der Waals surface area contributed by atoms with Crippen LogP contribution in [-0.2, 0) is 16.6 Å². The largest absolute Gasteiger partial charge is 0.487 e. The van der Waals surface area contributed by atoms with E-state index in [-0.39, 0.29) is 35.8 Å². The summed E-state index contributed by atoms with van der Waals surface area (Å²) < 4.78 is 34.8. The molecule has 0 amide bonds. The highest BCUT2D eigenvalue weighted by atomic mass is 32.2. The van der Waals surface area contributed by atoms with Gasteiger partial charge in [-0.2, -0.15) is 4.31 Å². The molecule has 4 atom stereocenters. The third-order valence-electron chi connectivity index (χ3n) is 5.88. The monoisotopic (exact) mass is 486 g/mol. The smallest absolute Gasteiger partial charge is 0.247 e. The van der Waals surface area contributed by atoms with Gasteiger partial charge < -0.3 is 14.9 Å². The van der Waals surface area contributed by atoms with Crippen molar-refractivity contribution in [1.82, 2.24) is 9.21 Å². The second kappa shape index (κ2) is 11.3. The molecule has 0 saturated carbocycles. The molecule has 0 aromatic heterocycles. The average molecular weight is 487 g/mol. The Morgan fingerprint density at radius 2 is 1.91 bits per heavy atom. The molecule has 0 unspecified atom stereocenters. The molecule has 1 heterocycles. The Kier molecular flexibility index (Phi) is 8.74. The van der Waals surface area contributed by atoms with E-state index in [0.717, 1.165) is 6.54 Å². The molecule has 0 spiro atoms. The van der Waals surface area contributed by atoms with Crippen molar-refractivity contribution in [2.45, 2.75) is 50.5 Å². The summed E-state index contributed by atoms with van der Waals surface area (Å²) in [5, 5.41) is 19.3. The van der Waals surface area contributed by atoms with Crippen molar-refractivity contribution in [3.8, 4) is 17.6 Å². The van der Waals surface area contributed by atoms with E-state index in [1.807, 2.05) is 32.2 Å². The highest BCUT2D eigenvalue weighted by molar-refractivity contribution is 7.89. The first kappa shape index (κ1) is 26.2. The van der Waals surface area contributed by atoms with Gasteiger partial charge in [0.2, 0.25) is 10.0 Å². The highest BCUT2D eigenvalue weighted by Gasteiger charge is 2.38. The summed E-state index contributed by atoms with van der Waals surface area (Å²) in [6.45, 7) is 6.50. The van der Waals surface area contributed by atoms with E-state index in [1.165, 1.54) is 15.9 Å². The minimum atomic E-state index is -3.90. The van der Waals surface area contributed by atoms with Crippen LogP contribution in [0.15, 0.2) is 53.4 Å². The summed E-state index contributed by atoms with van der Waals surface area (Å²) in [4.78, 5) is 2.21. The predicted molar refractivity (Wildman–Crippen MR) is 132 cm³/mol. The highest BCUT2D eigenvalue weighted by Crippen LogP contribution is 2.34. The number of sulfonamides is 1. The molecule has 0 radical (unpaired) electrons. The molecule has 7 nitrogen and oxygen atoms in total. The van der Waals surface area contributed by atoms with Crippen LogP contribution in [0.2, 0.25) is 0 Å². The lowest BCUT2D eigenvalue weighted by Crippen LogP contribution is -2.49. The van der Waals surface area contributed by atoms with E-state index in [1.54, 1.807) is 26.0 Å². The van der Waals surface area contributed by atoms with Gasteiger partial charge in [0.1, 0.15) is 22.9 Å². The second-order valence-corrected chi connectivity index (χ2v) is 10.9. The Morgan fingerprint density at radius 3 is 2.56 bits per heavy atom. The first-order valence-corrected chi connectivity index (χ1v) is 12.9. The Labute approximate surface area is 203 Å². The lowest BCUT2D eigenvalue weighted by Gasteiger charge is -2.37. The molecule has 0 aliphatic carbocycles. The van der Waals surface area contributed by atoms with Gasteiger partial charge in [-0.15, -0.1) is 0 Å². The van der Waals surface area contributed by atoms with Crippen LogP contribution >= 0.6 is 0 Å². The Morgan fingerprint density at radius 1 is 1.21 bits per heavy atom. The number of fused-ring (bicyclic) bond motifs is 1. The number of benzene rings is 2. The van der Waals surface area contributed by atoms with E-state index >= 15 is 0 Å². The maximum Gasteiger partial charge on any atom is 0.247 e. The predicted octanol–water partition coefficient (Wildman–Crippen LogP) is 2.32. The first-order chi connectivity index (χ1) is 16.1. The van der Waals surface area contributed by atoms with Gasteiger partial charge in [-0.05, 0) is 44.7 Å². The molecular weight excluding hydrogens is 452 g/mol. The molecule has 184 valence electrons. The molecule has 3 rings (SSSR count). The molecule has 2 N–H and O–H groups in total. The van der Waals surface area contributed by atoms with Gasteiger partial charge in [0.15, 0.2) is 0 Å². The van der Waals surface area contributed by atoms with Gasteiger partial charge in [-0.25, -0.2) is 8.42 Å². The van der Waals surface area contributed by atoms with Gasteiger partial charge in [0.25, 0.3) is 0 Å². The third kappa shape index (κ3) is 6.38. The van der Waals surface area contributed by atoms with Crippen LogP contribution in [0.3, 0.4) is 0 Å². The van der Waals surface area contributed by atoms with E-state index < -0.39 is 22.2 Å². The van der Waals surface area contributed by atoms with Gasteiger partial charge in [0.05, 0.1) is 6.61 Å². The van der Waals surface area contributed by atoms with E-state index in [2.05, 4.69) is 28.9 Å². The molecule has 2 aromatic rings. The number of rotatable bonds is 6. The molecule has 0 fully saturated rings. The number of likely N-dealkylation sites (N-methyl/N-ethyl adjacent to an activating group) is 1.